The van der Waals surface area contributed by atoms with E-state index >= 15 is 0 Å². The molecule has 0 aliphatic heterocycles. The fraction of sp³-hybridized carbons (Fsp3) is 0.200. The van der Waals surface area contributed by atoms with Gasteiger partial charge in [0.2, 0.25) is 5.91 Å². The summed E-state index contributed by atoms with van der Waals surface area (Å²) in [5.74, 6) is -8.99. The molecule has 0 unspecified atom stereocenters. The van der Waals surface area contributed by atoms with Crippen molar-refractivity contribution in [3.05, 3.63) is 29.8 Å². The van der Waals surface area contributed by atoms with E-state index in [0.717, 1.165) is 12.1 Å². The first-order valence-corrected chi connectivity index (χ1v) is 4.71. The van der Waals surface area contributed by atoms with Gasteiger partial charge < -0.3 is 11.1 Å². The maximum absolute atomic E-state index is 12.6. The zero-order valence-electron chi connectivity index (χ0n) is 9.09. The van der Waals surface area contributed by atoms with E-state index in [4.69, 9.17) is 5.73 Å². The highest BCUT2D eigenvalue weighted by atomic mass is 19.4. The first-order valence-electron chi connectivity index (χ1n) is 4.71. The lowest BCUT2D eigenvalue weighted by molar-refractivity contribution is -0.267. The number of alkyl halides is 5. The molecule has 2 amide bonds. The molecule has 19 heavy (non-hydrogen) atoms. The van der Waals surface area contributed by atoms with Gasteiger partial charge in [-0.05, 0) is 18.2 Å². The molecule has 0 saturated carbocycles. The molecule has 4 nitrogen and oxygen atoms in total. The van der Waals surface area contributed by atoms with E-state index in [1.165, 1.54) is 17.4 Å². The Balaban J connectivity index is 2.95. The van der Waals surface area contributed by atoms with Crippen LogP contribution in [0.3, 0.4) is 0 Å². The van der Waals surface area contributed by atoms with E-state index < -0.39 is 29.6 Å². The number of nitrogens with two attached hydrogens (primary N) is 1. The lowest BCUT2D eigenvalue weighted by atomic mass is 10.2. The molecule has 1 aromatic rings. The van der Waals surface area contributed by atoms with Crippen LogP contribution in [0.15, 0.2) is 24.3 Å². The van der Waals surface area contributed by atoms with Crippen molar-refractivity contribution >= 4 is 17.5 Å². The van der Waals surface area contributed by atoms with Gasteiger partial charge in [0.1, 0.15) is 0 Å². The van der Waals surface area contributed by atoms with Gasteiger partial charge in [0.05, 0.1) is 0 Å². The maximum Gasteiger partial charge on any atom is 0.463 e. The lowest BCUT2D eigenvalue weighted by Gasteiger charge is -2.18. The Hall–Kier alpha value is -2.19. The number of carbonyl (C=O) groups excluding carboxylic acids is 2. The van der Waals surface area contributed by atoms with Crippen molar-refractivity contribution in [2.45, 2.75) is 12.1 Å². The first kappa shape index (κ1) is 14.9. The van der Waals surface area contributed by atoms with Crippen LogP contribution >= 0.6 is 0 Å². The average molecular weight is 282 g/mol. The van der Waals surface area contributed by atoms with Crippen LogP contribution in [0.5, 0.6) is 0 Å². The molecular weight excluding hydrogens is 275 g/mol. The van der Waals surface area contributed by atoms with E-state index in [1.54, 1.807) is 0 Å². The Bertz CT molecular complexity index is 513. The summed E-state index contributed by atoms with van der Waals surface area (Å²) < 4.78 is 61.0. The fourth-order valence-corrected chi connectivity index (χ4v) is 1.09. The second-order valence-electron chi connectivity index (χ2n) is 3.47. The van der Waals surface area contributed by atoms with Gasteiger partial charge in [-0.25, -0.2) is 0 Å². The van der Waals surface area contributed by atoms with Crippen molar-refractivity contribution in [3.8, 4) is 0 Å². The molecule has 0 atom stereocenters. The smallest absolute Gasteiger partial charge is 0.366 e. The first-order chi connectivity index (χ1) is 8.55. The highest BCUT2D eigenvalue weighted by Crippen LogP contribution is 2.36. The maximum atomic E-state index is 12.6. The lowest BCUT2D eigenvalue weighted by Crippen LogP contribution is -2.47. The number of benzene rings is 1. The topological polar surface area (TPSA) is 72.2 Å². The van der Waals surface area contributed by atoms with Crippen LogP contribution in [0.1, 0.15) is 10.4 Å². The standard InChI is InChI=1S/C10H7F5N2O2/c11-9(12,10(13,14)15)8(19)17-6-3-1-2-5(4-6)7(16)18/h1-4H,(H2,16,18)(H,17,19). The monoisotopic (exact) mass is 282 g/mol. The summed E-state index contributed by atoms with van der Waals surface area (Å²) in [5.41, 5.74) is 4.35. The van der Waals surface area contributed by atoms with Crippen molar-refractivity contribution in [2.75, 3.05) is 5.32 Å². The van der Waals surface area contributed by atoms with Crippen LogP contribution in [-0.2, 0) is 4.79 Å². The number of primary amides is 1. The molecule has 9 heteroatoms. The molecule has 0 aromatic heterocycles. The molecule has 0 aliphatic rings. The number of hydrogen-bond acceptors (Lipinski definition) is 2. The Labute approximate surface area is 103 Å². The van der Waals surface area contributed by atoms with Gasteiger partial charge in [-0.2, -0.15) is 22.0 Å². The van der Waals surface area contributed by atoms with Crippen LogP contribution in [0.25, 0.3) is 0 Å². The highest BCUT2D eigenvalue weighted by Gasteiger charge is 2.63. The van der Waals surface area contributed by atoms with E-state index in [9.17, 15) is 31.5 Å². The van der Waals surface area contributed by atoms with Crippen molar-refractivity contribution in [1.82, 2.24) is 0 Å². The average Bonchev–Trinajstić information content (AvgIpc) is 2.27. The molecule has 0 spiro atoms. The van der Waals surface area contributed by atoms with E-state index in [1.807, 2.05) is 0 Å². The zero-order valence-corrected chi connectivity index (χ0v) is 9.09. The molecule has 1 rings (SSSR count). The van der Waals surface area contributed by atoms with Crippen molar-refractivity contribution in [3.63, 3.8) is 0 Å². The fourth-order valence-electron chi connectivity index (χ4n) is 1.09. The van der Waals surface area contributed by atoms with Crippen molar-refractivity contribution < 1.29 is 31.5 Å². The molecule has 0 heterocycles. The number of halogens is 5. The van der Waals surface area contributed by atoms with Crippen LogP contribution in [0.4, 0.5) is 27.6 Å². The minimum atomic E-state index is -6.00. The molecule has 0 bridgehead atoms. The summed E-state index contributed by atoms with van der Waals surface area (Å²) in [6.45, 7) is 0. The Morgan fingerprint density at radius 1 is 1.11 bits per heavy atom. The number of hydrogen-bond donors (Lipinski definition) is 2. The molecule has 0 fully saturated rings. The van der Waals surface area contributed by atoms with Gasteiger partial charge in [-0.1, -0.05) is 6.07 Å². The number of anilines is 1. The third kappa shape index (κ3) is 3.18. The molecule has 0 aliphatic carbocycles. The second kappa shape index (κ2) is 4.82. The largest absolute Gasteiger partial charge is 0.463 e. The second-order valence-corrected chi connectivity index (χ2v) is 3.47. The summed E-state index contributed by atoms with van der Waals surface area (Å²) in [6.07, 6.45) is -6.00. The van der Waals surface area contributed by atoms with Crippen LogP contribution in [-0.4, -0.2) is 23.9 Å². The van der Waals surface area contributed by atoms with Gasteiger partial charge in [-0.3, -0.25) is 9.59 Å². The number of nitrogens with one attached hydrogen (secondary N) is 1. The van der Waals surface area contributed by atoms with Gasteiger partial charge in [0.15, 0.2) is 0 Å². The summed E-state index contributed by atoms with van der Waals surface area (Å²) in [4.78, 5) is 21.6. The van der Waals surface area contributed by atoms with Gasteiger partial charge in [-0.15, -0.1) is 0 Å². The third-order valence-corrected chi connectivity index (χ3v) is 2.05. The summed E-state index contributed by atoms with van der Waals surface area (Å²) in [6, 6.07) is 4.30. The van der Waals surface area contributed by atoms with Gasteiger partial charge in [0, 0.05) is 11.3 Å². The van der Waals surface area contributed by atoms with Crippen molar-refractivity contribution in [2.24, 2.45) is 5.73 Å². The molecular formula is C10H7F5N2O2. The number of amides is 2. The summed E-state index contributed by atoms with van der Waals surface area (Å²) >= 11 is 0. The summed E-state index contributed by atoms with van der Waals surface area (Å²) in [5, 5.41) is 1.37. The SMILES string of the molecule is NC(=O)c1cccc(NC(=O)C(F)(F)C(F)(F)F)c1. The molecule has 0 saturated heterocycles. The zero-order chi connectivity index (χ0) is 14.8. The predicted octanol–water partition coefficient (Wildman–Crippen LogP) is 1.92. The normalized spacial score (nSPS) is 12.1. The molecule has 1 aromatic carbocycles. The Morgan fingerprint density at radius 2 is 1.68 bits per heavy atom. The Kier molecular flexibility index (Phi) is 3.78. The number of carbonyl (C=O) groups is 2. The Morgan fingerprint density at radius 3 is 2.16 bits per heavy atom. The van der Waals surface area contributed by atoms with E-state index in [2.05, 4.69) is 0 Å². The van der Waals surface area contributed by atoms with Gasteiger partial charge in [0.25, 0.3) is 0 Å². The molecule has 3 N–H and O–H groups in total. The van der Waals surface area contributed by atoms with Crippen molar-refractivity contribution in [1.29, 1.82) is 0 Å². The molecule has 104 valence electrons. The van der Waals surface area contributed by atoms with E-state index in [-0.39, 0.29) is 5.56 Å². The third-order valence-electron chi connectivity index (χ3n) is 2.05. The van der Waals surface area contributed by atoms with Crippen LogP contribution in [0, 0.1) is 0 Å². The molecule has 0 radical (unpaired) electrons. The summed E-state index contributed by atoms with van der Waals surface area (Å²) in [7, 11) is 0. The van der Waals surface area contributed by atoms with E-state index in [0.29, 0.717) is 0 Å². The highest BCUT2D eigenvalue weighted by molar-refractivity contribution is 5.99. The van der Waals surface area contributed by atoms with Gasteiger partial charge >= 0.3 is 18.0 Å². The van der Waals surface area contributed by atoms with Crippen LogP contribution < -0.4 is 11.1 Å². The number of rotatable bonds is 3. The minimum absolute atomic E-state index is 0.145. The quantitative estimate of drug-likeness (QED) is 0.831. The van der Waals surface area contributed by atoms with Crippen LogP contribution in [0.2, 0.25) is 0 Å². The minimum Gasteiger partial charge on any atom is -0.366 e. The predicted molar refractivity (Wildman–Crippen MR) is 54.6 cm³/mol.